The van der Waals surface area contributed by atoms with Crippen LogP contribution in [0.2, 0.25) is 0 Å². The Kier molecular flexibility index (Phi) is 4.87. The number of hydrogen-bond acceptors (Lipinski definition) is 4. The minimum atomic E-state index is 0.626. The Morgan fingerprint density at radius 2 is 1.60 bits per heavy atom. The number of aromatic nitrogens is 2. The molecule has 1 aromatic heterocycles. The van der Waals surface area contributed by atoms with Gasteiger partial charge in [0.2, 0.25) is 5.95 Å². The Labute approximate surface area is 91.5 Å². The van der Waals surface area contributed by atoms with Crippen LogP contribution in [-0.4, -0.2) is 23.1 Å². The molecule has 0 spiro atoms. The highest BCUT2D eigenvalue weighted by Gasteiger charge is 2.12. The predicted octanol–water partition coefficient (Wildman–Crippen LogP) is 2.08. The van der Waals surface area contributed by atoms with Crippen molar-refractivity contribution in [3.05, 3.63) is 12.4 Å². The second-order valence-corrected chi connectivity index (χ2v) is 3.36. The Morgan fingerprint density at radius 3 is 2.13 bits per heavy atom. The van der Waals surface area contributed by atoms with E-state index in [2.05, 4.69) is 14.9 Å². The van der Waals surface area contributed by atoms with Crippen LogP contribution in [0.4, 0.5) is 11.6 Å². The molecule has 1 fully saturated rings. The molecule has 2 N–H and O–H groups in total. The fraction of sp³-hybridized carbons (Fsp3) is 0.636. The second kappa shape index (κ2) is 6.22. The fourth-order valence-electron chi connectivity index (χ4n) is 1.59. The van der Waals surface area contributed by atoms with E-state index in [4.69, 9.17) is 5.73 Å². The number of piperidine rings is 1. The molecular weight excluding hydrogens is 188 g/mol. The number of nitrogen functional groups attached to an aromatic ring is 1. The molecule has 15 heavy (non-hydrogen) atoms. The third kappa shape index (κ3) is 3.38. The summed E-state index contributed by atoms with van der Waals surface area (Å²) in [7, 11) is 0. The van der Waals surface area contributed by atoms with E-state index in [-0.39, 0.29) is 0 Å². The Balaban J connectivity index is 0.000000531. The lowest BCUT2D eigenvalue weighted by molar-refractivity contribution is 0.568. The van der Waals surface area contributed by atoms with Gasteiger partial charge in [-0.2, -0.15) is 0 Å². The van der Waals surface area contributed by atoms with Crippen molar-refractivity contribution in [2.24, 2.45) is 0 Å². The SMILES string of the molecule is CC.Nc1cnc(N2CCCCC2)nc1. The molecule has 4 nitrogen and oxygen atoms in total. The van der Waals surface area contributed by atoms with Crippen LogP contribution in [0.5, 0.6) is 0 Å². The van der Waals surface area contributed by atoms with Crippen LogP contribution in [-0.2, 0) is 0 Å². The highest BCUT2D eigenvalue weighted by molar-refractivity contribution is 5.37. The molecule has 0 bridgehead atoms. The largest absolute Gasteiger partial charge is 0.396 e. The maximum absolute atomic E-state index is 5.51. The van der Waals surface area contributed by atoms with Crippen molar-refractivity contribution in [3.63, 3.8) is 0 Å². The lowest BCUT2D eigenvalue weighted by Gasteiger charge is -2.26. The lowest BCUT2D eigenvalue weighted by atomic mass is 10.1. The van der Waals surface area contributed by atoms with Gasteiger partial charge in [0.15, 0.2) is 0 Å². The van der Waals surface area contributed by atoms with Crippen LogP contribution < -0.4 is 10.6 Å². The van der Waals surface area contributed by atoms with Crippen LogP contribution in [0.25, 0.3) is 0 Å². The molecule has 0 unspecified atom stereocenters. The molecule has 1 aliphatic rings. The number of rotatable bonds is 1. The van der Waals surface area contributed by atoms with Gasteiger partial charge in [-0.3, -0.25) is 0 Å². The van der Waals surface area contributed by atoms with E-state index in [1.54, 1.807) is 12.4 Å². The highest BCUT2D eigenvalue weighted by atomic mass is 15.2. The first-order valence-electron chi connectivity index (χ1n) is 5.69. The molecule has 0 atom stereocenters. The van der Waals surface area contributed by atoms with E-state index in [0.717, 1.165) is 19.0 Å². The monoisotopic (exact) mass is 208 g/mol. The molecule has 0 aromatic carbocycles. The Hall–Kier alpha value is -1.32. The summed E-state index contributed by atoms with van der Waals surface area (Å²) >= 11 is 0. The molecule has 2 rings (SSSR count). The zero-order chi connectivity index (χ0) is 11.1. The summed E-state index contributed by atoms with van der Waals surface area (Å²) in [6, 6.07) is 0. The van der Waals surface area contributed by atoms with E-state index in [0.29, 0.717) is 5.69 Å². The maximum atomic E-state index is 5.51. The normalized spacial score (nSPS) is 15.5. The van der Waals surface area contributed by atoms with E-state index < -0.39 is 0 Å². The summed E-state index contributed by atoms with van der Waals surface area (Å²) in [6.45, 7) is 6.15. The van der Waals surface area contributed by atoms with Gasteiger partial charge in [0, 0.05) is 13.1 Å². The van der Waals surface area contributed by atoms with Crippen molar-refractivity contribution < 1.29 is 0 Å². The van der Waals surface area contributed by atoms with Gasteiger partial charge in [0.05, 0.1) is 18.1 Å². The minimum Gasteiger partial charge on any atom is -0.396 e. The average Bonchev–Trinajstić information content (AvgIpc) is 2.34. The minimum absolute atomic E-state index is 0.626. The molecule has 1 saturated heterocycles. The van der Waals surface area contributed by atoms with Crippen LogP contribution in [0.3, 0.4) is 0 Å². The number of anilines is 2. The molecular formula is C11H20N4. The van der Waals surface area contributed by atoms with Crippen molar-refractivity contribution >= 4 is 11.6 Å². The van der Waals surface area contributed by atoms with Gasteiger partial charge < -0.3 is 10.6 Å². The Morgan fingerprint density at radius 1 is 1.07 bits per heavy atom. The van der Waals surface area contributed by atoms with Crippen molar-refractivity contribution in [3.8, 4) is 0 Å². The van der Waals surface area contributed by atoms with E-state index >= 15 is 0 Å². The second-order valence-electron chi connectivity index (χ2n) is 3.36. The molecule has 2 heterocycles. The van der Waals surface area contributed by atoms with E-state index in [9.17, 15) is 0 Å². The predicted molar refractivity (Wildman–Crippen MR) is 63.9 cm³/mol. The summed E-state index contributed by atoms with van der Waals surface area (Å²) in [5.74, 6) is 0.814. The van der Waals surface area contributed by atoms with Crippen LogP contribution >= 0.6 is 0 Å². The van der Waals surface area contributed by atoms with Crippen LogP contribution in [0, 0.1) is 0 Å². The summed E-state index contributed by atoms with van der Waals surface area (Å²) in [5, 5.41) is 0. The average molecular weight is 208 g/mol. The molecule has 1 aliphatic heterocycles. The maximum Gasteiger partial charge on any atom is 0.225 e. The van der Waals surface area contributed by atoms with Gasteiger partial charge in [-0.05, 0) is 19.3 Å². The van der Waals surface area contributed by atoms with Gasteiger partial charge in [-0.25, -0.2) is 9.97 Å². The summed E-state index contributed by atoms with van der Waals surface area (Å²) in [4.78, 5) is 10.6. The third-order valence-corrected chi connectivity index (χ3v) is 2.30. The standard InChI is InChI=1S/C9H14N4.C2H6/c10-8-6-11-9(12-7-8)13-4-2-1-3-5-13;1-2/h6-7H,1-5,10H2;1-2H3. The fourth-order valence-corrected chi connectivity index (χ4v) is 1.59. The summed E-state index contributed by atoms with van der Waals surface area (Å²) in [5.41, 5.74) is 6.14. The summed E-state index contributed by atoms with van der Waals surface area (Å²) in [6.07, 6.45) is 7.14. The third-order valence-electron chi connectivity index (χ3n) is 2.30. The van der Waals surface area contributed by atoms with Crippen molar-refractivity contribution in [1.29, 1.82) is 0 Å². The van der Waals surface area contributed by atoms with Gasteiger partial charge >= 0.3 is 0 Å². The molecule has 0 radical (unpaired) electrons. The zero-order valence-corrected chi connectivity index (χ0v) is 9.61. The number of nitrogens with zero attached hydrogens (tertiary/aromatic N) is 3. The van der Waals surface area contributed by atoms with E-state index in [1.807, 2.05) is 13.8 Å². The van der Waals surface area contributed by atoms with Crippen LogP contribution in [0.1, 0.15) is 33.1 Å². The molecule has 1 aromatic rings. The first-order chi connectivity index (χ1) is 7.36. The van der Waals surface area contributed by atoms with E-state index in [1.165, 1.54) is 19.3 Å². The summed E-state index contributed by atoms with van der Waals surface area (Å²) < 4.78 is 0. The molecule has 0 aliphatic carbocycles. The molecule has 0 amide bonds. The van der Waals surface area contributed by atoms with Gasteiger partial charge in [0.25, 0.3) is 0 Å². The van der Waals surface area contributed by atoms with Crippen molar-refractivity contribution in [1.82, 2.24) is 9.97 Å². The smallest absolute Gasteiger partial charge is 0.225 e. The number of hydrogen-bond donors (Lipinski definition) is 1. The van der Waals surface area contributed by atoms with Crippen molar-refractivity contribution in [2.45, 2.75) is 33.1 Å². The van der Waals surface area contributed by atoms with Gasteiger partial charge in [-0.15, -0.1) is 0 Å². The first kappa shape index (κ1) is 11.8. The van der Waals surface area contributed by atoms with Gasteiger partial charge in [0.1, 0.15) is 0 Å². The van der Waals surface area contributed by atoms with Crippen molar-refractivity contribution in [2.75, 3.05) is 23.7 Å². The number of nitrogens with two attached hydrogens (primary N) is 1. The Bertz CT molecular complexity index is 264. The first-order valence-corrected chi connectivity index (χ1v) is 5.69. The topological polar surface area (TPSA) is 55.0 Å². The highest BCUT2D eigenvalue weighted by Crippen LogP contribution is 2.14. The van der Waals surface area contributed by atoms with Gasteiger partial charge in [-0.1, -0.05) is 13.8 Å². The van der Waals surface area contributed by atoms with Crippen LogP contribution in [0.15, 0.2) is 12.4 Å². The quantitative estimate of drug-likeness (QED) is 0.767. The molecule has 0 saturated carbocycles. The molecule has 84 valence electrons. The molecule has 4 heteroatoms. The zero-order valence-electron chi connectivity index (χ0n) is 9.61. The lowest BCUT2D eigenvalue weighted by Crippen LogP contribution is -2.30.